The SMILES string of the molecule is C[C@@H](O)C/C=C/[C@H](C)[C@H]1CC[C@H]2C(OC(=O)c3ccccc3)CCC[C@]12C. The third-order valence-corrected chi connectivity index (χ3v) is 6.96. The van der Waals surface area contributed by atoms with Crippen molar-refractivity contribution in [1.29, 1.82) is 0 Å². The number of benzene rings is 1. The summed E-state index contributed by atoms with van der Waals surface area (Å²) >= 11 is 0. The Morgan fingerprint density at radius 1 is 1.26 bits per heavy atom. The molecule has 1 aromatic carbocycles. The number of carbonyl (C=O) groups excluding carboxylic acids is 1. The lowest BCUT2D eigenvalue weighted by molar-refractivity contribution is -0.0444. The molecule has 2 aliphatic rings. The first-order chi connectivity index (χ1) is 12.9. The highest BCUT2D eigenvalue weighted by Gasteiger charge is 2.53. The predicted octanol–water partition coefficient (Wildman–Crippen LogP) is 5.39. The van der Waals surface area contributed by atoms with Crippen molar-refractivity contribution in [3.63, 3.8) is 0 Å². The van der Waals surface area contributed by atoms with Crippen LogP contribution in [0.25, 0.3) is 0 Å². The molecule has 2 saturated carbocycles. The van der Waals surface area contributed by atoms with Crippen molar-refractivity contribution in [2.24, 2.45) is 23.2 Å². The van der Waals surface area contributed by atoms with E-state index in [0.717, 1.165) is 19.3 Å². The molecule has 1 unspecified atom stereocenters. The molecule has 0 radical (unpaired) electrons. The quantitative estimate of drug-likeness (QED) is 0.539. The van der Waals surface area contributed by atoms with Crippen LogP contribution in [0, 0.1) is 23.2 Å². The van der Waals surface area contributed by atoms with E-state index in [1.807, 2.05) is 37.3 Å². The molecule has 0 aliphatic heterocycles. The molecule has 2 fully saturated rings. The van der Waals surface area contributed by atoms with Gasteiger partial charge in [-0.3, -0.25) is 0 Å². The summed E-state index contributed by atoms with van der Waals surface area (Å²) in [6.07, 6.45) is 10.5. The number of aliphatic hydroxyl groups excluding tert-OH is 1. The second-order valence-electron chi connectivity index (χ2n) is 8.87. The molecule has 0 bridgehead atoms. The van der Waals surface area contributed by atoms with Crippen LogP contribution in [-0.2, 0) is 4.74 Å². The van der Waals surface area contributed by atoms with Crippen molar-refractivity contribution in [3.05, 3.63) is 48.0 Å². The molecule has 0 amide bonds. The van der Waals surface area contributed by atoms with Crippen LogP contribution in [-0.4, -0.2) is 23.3 Å². The van der Waals surface area contributed by atoms with E-state index in [1.165, 1.54) is 12.8 Å². The largest absolute Gasteiger partial charge is 0.458 e. The number of ether oxygens (including phenoxy) is 1. The molecule has 6 atom stereocenters. The van der Waals surface area contributed by atoms with Crippen molar-refractivity contribution >= 4 is 5.97 Å². The maximum absolute atomic E-state index is 12.6. The first-order valence-corrected chi connectivity index (χ1v) is 10.5. The average molecular weight is 371 g/mol. The first kappa shape index (κ1) is 20.1. The van der Waals surface area contributed by atoms with E-state index < -0.39 is 0 Å². The van der Waals surface area contributed by atoms with Crippen LogP contribution in [0.4, 0.5) is 0 Å². The molecular formula is C24H34O3. The number of rotatable bonds is 6. The molecule has 0 saturated heterocycles. The summed E-state index contributed by atoms with van der Waals surface area (Å²) < 4.78 is 6.01. The zero-order valence-corrected chi connectivity index (χ0v) is 16.9. The number of aliphatic hydroxyl groups is 1. The first-order valence-electron chi connectivity index (χ1n) is 10.5. The minimum atomic E-state index is -0.281. The van der Waals surface area contributed by atoms with Gasteiger partial charge < -0.3 is 9.84 Å². The highest BCUT2D eigenvalue weighted by atomic mass is 16.5. The van der Waals surface area contributed by atoms with Crippen molar-refractivity contribution in [2.75, 3.05) is 0 Å². The van der Waals surface area contributed by atoms with Gasteiger partial charge in [0.05, 0.1) is 11.7 Å². The van der Waals surface area contributed by atoms with Crippen LogP contribution in [0.2, 0.25) is 0 Å². The van der Waals surface area contributed by atoms with E-state index in [9.17, 15) is 9.90 Å². The summed E-state index contributed by atoms with van der Waals surface area (Å²) in [5.41, 5.74) is 0.878. The van der Waals surface area contributed by atoms with Crippen molar-refractivity contribution < 1.29 is 14.6 Å². The number of fused-ring (bicyclic) bond motifs is 1. The molecule has 3 rings (SSSR count). The molecule has 3 heteroatoms. The summed E-state index contributed by atoms with van der Waals surface area (Å²) in [4.78, 5) is 12.6. The monoisotopic (exact) mass is 370 g/mol. The van der Waals surface area contributed by atoms with Gasteiger partial charge in [0.25, 0.3) is 0 Å². The lowest BCUT2D eigenvalue weighted by Crippen LogP contribution is -2.43. The third kappa shape index (κ3) is 4.45. The Bertz CT molecular complexity index is 651. The molecule has 2 aliphatic carbocycles. The van der Waals surface area contributed by atoms with Crippen LogP contribution >= 0.6 is 0 Å². The molecule has 148 valence electrons. The Labute approximate surface area is 163 Å². The lowest BCUT2D eigenvalue weighted by Gasteiger charge is -2.45. The topological polar surface area (TPSA) is 46.5 Å². The Morgan fingerprint density at radius 3 is 2.70 bits per heavy atom. The van der Waals surface area contributed by atoms with Gasteiger partial charge in [0.15, 0.2) is 0 Å². The van der Waals surface area contributed by atoms with Crippen LogP contribution in [0.3, 0.4) is 0 Å². The molecule has 27 heavy (non-hydrogen) atoms. The standard InChI is InChI=1S/C24H34O3/c1-17(9-7-10-18(2)25)20-14-15-21-22(13-8-16-24(20,21)3)27-23(26)19-11-5-4-6-12-19/h4-7,9,11-12,17-18,20-22,25H,8,10,13-16H2,1-3H3/b9-7+/t17-,18+,20+,21-,22?,24+/m0/s1. The fourth-order valence-corrected chi connectivity index (χ4v) is 5.57. The molecule has 1 N–H and O–H groups in total. The predicted molar refractivity (Wildman–Crippen MR) is 108 cm³/mol. The second kappa shape index (κ2) is 8.60. The van der Waals surface area contributed by atoms with E-state index >= 15 is 0 Å². The Balaban J connectivity index is 1.68. The van der Waals surface area contributed by atoms with Crippen LogP contribution in [0.15, 0.2) is 42.5 Å². The zero-order chi connectivity index (χ0) is 19.4. The van der Waals surface area contributed by atoms with Gasteiger partial charge in [0.1, 0.15) is 6.10 Å². The number of allylic oxidation sites excluding steroid dienone is 1. The van der Waals surface area contributed by atoms with Crippen LogP contribution in [0.5, 0.6) is 0 Å². The van der Waals surface area contributed by atoms with Gasteiger partial charge in [-0.05, 0) is 74.8 Å². The summed E-state index contributed by atoms with van der Waals surface area (Å²) in [6, 6.07) is 9.35. The molecular weight excluding hydrogens is 336 g/mol. The van der Waals surface area contributed by atoms with Gasteiger partial charge in [-0.25, -0.2) is 4.79 Å². The number of hydrogen-bond donors (Lipinski definition) is 1. The molecule has 3 nitrogen and oxygen atoms in total. The Hall–Kier alpha value is -1.61. The normalized spacial score (nSPS) is 32.8. The van der Waals surface area contributed by atoms with E-state index in [4.69, 9.17) is 4.74 Å². The maximum Gasteiger partial charge on any atom is 0.338 e. The highest BCUT2D eigenvalue weighted by Crippen LogP contribution is 2.58. The van der Waals surface area contributed by atoms with Gasteiger partial charge in [-0.2, -0.15) is 0 Å². The average Bonchev–Trinajstić information content (AvgIpc) is 3.00. The summed E-state index contributed by atoms with van der Waals surface area (Å²) in [7, 11) is 0. The van der Waals surface area contributed by atoms with E-state index in [0.29, 0.717) is 29.7 Å². The Kier molecular flexibility index (Phi) is 6.41. The Morgan fingerprint density at radius 2 is 2.00 bits per heavy atom. The second-order valence-corrected chi connectivity index (χ2v) is 8.87. The zero-order valence-electron chi connectivity index (χ0n) is 16.9. The maximum atomic E-state index is 12.6. The minimum absolute atomic E-state index is 0.0371. The van der Waals surface area contributed by atoms with E-state index in [2.05, 4.69) is 26.0 Å². The highest BCUT2D eigenvalue weighted by molar-refractivity contribution is 5.89. The van der Waals surface area contributed by atoms with Crippen molar-refractivity contribution in [3.8, 4) is 0 Å². The van der Waals surface area contributed by atoms with Crippen molar-refractivity contribution in [2.45, 2.75) is 71.5 Å². The van der Waals surface area contributed by atoms with Gasteiger partial charge in [0.2, 0.25) is 0 Å². The fourth-order valence-electron chi connectivity index (χ4n) is 5.57. The summed E-state index contributed by atoms with van der Waals surface area (Å²) in [6.45, 7) is 6.54. The summed E-state index contributed by atoms with van der Waals surface area (Å²) in [5.74, 6) is 1.38. The van der Waals surface area contributed by atoms with Crippen LogP contribution in [0.1, 0.15) is 69.7 Å². The third-order valence-electron chi connectivity index (χ3n) is 6.96. The summed E-state index contributed by atoms with van der Waals surface area (Å²) in [5, 5.41) is 9.48. The molecule has 0 aromatic heterocycles. The number of hydrogen-bond acceptors (Lipinski definition) is 3. The minimum Gasteiger partial charge on any atom is -0.458 e. The van der Waals surface area contributed by atoms with Gasteiger partial charge >= 0.3 is 5.97 Å². The molecule has 0 spiro atoms. The number of carbonyl (C=O) groups is 1. The smallest absolute Gasteiger partial charge is 0.338 e. The molecule has 0 heterocycles. The fraction of sp³-hybridized carbons (Fsp3) is 0.625. The van der Waals surface area contributed by atoms with E-state index in [-0.39, 0.29) is 23.6 Å². The van der Waals surface area contributed by atoms with Gasteiger partial charge in [0, 0.05) is 5.92 Å². The van der Waals surface area contributed by atoms with Gasteiger partial charge in [-0.15, -0.1) is 0 Å². The lowest BCUT2D eigenvalue weighted by atomic mass is 9.62. The van der Waals surface area contributed by atoms with Gasteiger partial charge in [-0.1, -0.05) is 44.2 Å². The van der Waals surface area contributed by atoms with Crippen molar-refractivity contribution in [1.82, 2.24) is 0 Å². The number of esters is 1. The molecule has 1 aromatic rings. The van der Waals surface area contributed by atoms with Crippen LogP contribution < -0.4 is 0 Å². The van der Waals surface area contributed by atoms with E-state index in [1.54, 1.807) is 0 Å².